The van der Waals surface area contributed by atoms with Gasteiger partial charge in [-0.15, -0.1) is 0 Å². The van der Waals surface area contributed by atoms with Crippen LogP contribution in [0.3, 0.4) is 0 Å². The highest BCUT2D eigenvalue weighted by atomic mass is 16.5. The Hall–Kier alpha value is -1.14. The van der Waals surface area contributed by atoms with Gasteiger partial charge in [-0.3, -0.25) is 4.79 Å². The summed E-state index contributed by atoms with van der Waals surface area (Å²) in [5, 5.41) is 12.0. The molecule has 0 bridgehead atoms. The molecular formula is C15H26N2O4. The van der Waals surface area contributed by atoms with E-state index in [9.17, 15) is 9.59 Å². The van der Waals surface area contributed by atoms with Crippen LogP contribution in [0, 0.1) is 11.3 Å². The van der Waals surface area contributed by atoms with Crippen LogP contribution >= 0.6 is 0 Å². The maximum atomic E-state index is 12.7. The van der Waals surface area contributed by atoms with Crippen LogP contribution in [0.15, 0.2) is 0 Å². The molecule has 2 fully saturated rings. The Morgan fingerprint density at radius 2 is 2.10 bits per heavy atom. The number of nitrogens with one attached hydrogen (secondary N) is 1. The Labute approximate surface area is 125 Å². The molecule has 0 aliphatic carbocycles. The van der Waals surface area contributed by atoms with E-state index in [2.05, 4.69) is 5.32 Å². The lowest BCUT2D eigenvalue weighted by atomic mass is 9.73. The molecule has 1 unspecified atom stereocenters. The van der Waals surface area contributed by atoms with Gasteiger partial charge in [-0.1, -0.05) is 13.8 Å². The molecule has 0 saturated carbocycles. The van der Waals surface area contributed by atoms with Gasteiger partial charge in [0.1, 0.15) is 12.2 Å². The van der Waals surface area contributed by atoms with Gasteiger partial charge in [-0.05, 0) is 38.8 Å². The number of carboxylic acid groups (broad SMARTS) is 1. The molecule has 1 amide bonds. The average Bonchev–Trinajstić information content (AvgIpc) is 2.42. The topological polar surface area (TPSA) is 78.9 Å². The number of rotatable bonds is 5. The van der Waals surface area contributed by atoms with Gasteiger partial charge in [-0.2, -0.15) is 0 Å². The number of ether oxygens (including phenoxy) is 1. The van der Waals surface area contributed by atoms with Crippen LogP contribution in [0.4, 0.5) is 0 Å². The summed E-state index contributed by atoms with van der Waals surface area (Å²) in [6.07, 6.45) is 2.19. The standard InChI is InChI=1S/C15H26N2O4/c1-14(2,11-5-4-6-16-7-11)13(20)17-9-15(3,10-17)21-8-12(18)19/h11,16H,4-10H2,1-3H3,(H,18,19). The average molecular weight is 298 g/mol. The van der Waals surface area contributed by atoms with Crippen LogP contribution in [-0.4, -0.2) is 60.3 Å². The molecule has 2 N–H and O–H groups in total. The second-order valence-electron chi connectivity index (χ2n) is 7.06. The highest BCUT2D eigenvalue weighted by Gasteiger charge is 2.48. The fourth-order valence-corrected chi connectivity index (χ4v) is 3.28. The van der Waals surface area contributed by atoms with Crippen molar-refractivity contribution in [2.45, 2.75) is 39.2 Å². The predicted molar refractivity (Wildman–Crippen MR) is 77.9 cm³/mol. The molecule has 21 heavy (non-hydrogen) atoms. The lowest BCUT2D eigenvalue weighted by Crippen LogP contribution is -2.66. The van der Waals surface area contributed by atoms with Gasteiger partial charge in [0, 0.05) is 5.41 Å². The fraction of sp³-hybridized carbons (Fsp3) is 0.867. The van der Waals surface area contributed by atoms with E-state index < -0.39 is 11.6 Å². The third-order valence-electron chi connectivity index (χ3n) is 4.75. The molecule has 6 heteroatoms. The van der Waals surface area contributed by atoms with Crippen LogP contribution in [0.25, 0.3) is 0 Å². The van der Waals surface area contributed by atoms with Crippen LogP contribution < -0.4 is 5.32 Å². The van der Waals surface area contributed by atoms with Gasteiger partial charge in [0.05, 0.1) is 13.1 Å². The molecule has 120 valence electrons. The minimum absolute atomic E-state index is 0.146. The van der Waals surface area contributed by atoms with Crippen molar-refractivity contribution < 1.29 is 19.4 Å². The first-order valence-corrected chi connectivity index (χ1v) is 7.60. The number of nitrogens with zero attached hydrogens (tertiary/aromatic N) is 1. The lowest BCUT2D eigenvalue weighted by molar-refractivity contribution is -0.180. The Morgan fingerprint density at radius 1 is 1.43 bits per heavy atom. The minimum atomic E-state index is -0.977. The molecule has 0 aromatic carbocycles. The van der Waals surface area contributed by atoms with E-state index in [0.29, 0.717) is 19.0 Å². The fourth-order valence-electron chi connectivity index (χ4n) is 3.28. The van der Waals surface area contributed by atoms with Crippen molar-refractivity contribution in [3.63, 3.8) is 0 Å². The molecule has 1 atom stereocenters. The van der Waals surface area contributed by atoms with Gasteiger partial charge in [-0.25, -0.2) is 4.79 Å². The van der Waals surface area contributed by atoms with Crippen LogP contribution in [0.5, 0.6) is 0 Å². The van der Waals surface area contributed by atoms with E-state index in [1.54, 1.807) is 4.90 Å². The quantitative estimate of drug-likeness (QED) is 0.781. The van der Waals surface area contributed by atoms with Crippen molar-refractivity contribution in [3.05, 3.63) is 0 Å². The number of carbonyl (C=O) groups excluding carboxylic acids is 1. The van der Waals surface area contributed by atoms with E-state index in [-0.39, 0.29) is 17.9 Å². The van der Waals surface area contributed by atoms with Crippen molar-refractivity contribution in [3.8, 4) is 0 Å². The van der Waals surface area contributed by atoms with E-state index in [1.807, 2.05) is 20.8 Å². The molecule has 6 nitrogen and oxygen atoms in total. The molecule has 2 aliphatic heterocycles. The number of amides is 1. The first-order valence-electron chi connectivity index (χ1n) is 7.60. The zero-order chi connectivity index (χ0) is 15.7. The summed E-state index contributed by atoms with van der Waals surface area (Å²) in [6, 6.07) is 0. The zero-order valence-electron chi connectivity index (χ0n) is 13.1. The summed E-state index contributed by atoms with van der Waals surface area (Å²) in [6.45, 7) is 8.45. The zero-order valence-corrected chi connectivity index (χ0v) is 13.1. The second-order valence-corrected chi connectivity index (χ2v) is 7.06. The Kier molecular flexibility index (Phi) is 4.58. The summed E-state index contributed by atoms with van der Waals surface area (Å²) in [7, 11) is 0. The highest BCUT2D eigenvalue weighted by molar-refractivity contribution is 5.83. The van der Waals surface area contributed by atoms with Gasteiger partial charge >= 0.3 is 5.97 Å². The number of carboxylic acids is 1. The molecule has 2 heterocycles. The number of aliphatic carboxylic acids is 1. The Morgan fingerprint density at radius 3 is 2.62 bits per heavy atom. The molecule has 0 spiro atoms. The Bertz CT molecular complexity index is 410. The van der Waals surface area contributed by atoms with Crippen LogP contribution in [-0.2, 0) is 14.3 Å². The van der Waals surface area contributed by atoms with Gasteiger partial charge in [0.2, 0.25) is 5.91 Å². The van der Waals surface area contributed by atoms with E-state index in [1.165, 1.54) is 0 Å². The van der Waals surface area contributed by atoms with Crippen molar-refractivity contribution in [1.29, 1.82) is 0 Å². The largest absolute Gasteiger partial charge is 0.480 e. The lowest BCUT2D eigenvalue weighted by Gasteiger charge is -2.51. The number of hydrogen-bond acceptors (Lipinski definition) is 4. The summed E-state index contributed by atoms with van der Waals surface area (Å²) < 4.78 is 5.36. The van der Waals surface area contributed by atoms with E-state index in [4.69, 9.17) is 9.84 Å². The maximum absolute atomic E-state index is 12.7. The van der Waals surface area contributed by atoms with Gasteiger partial charge in [0.15, 0.2) is 0 Å². The highest BCUT2D eigenvalue weighted by Crippen LogP contribution is 2.37. The predicted octanol–water partition coefficient (Wildman–Crippen LogP) is 0.714. The summed E-state index contributed by atoms with van der Waals surface area (Å²) >= 11 is 0. The maximum Gasteiger partial charge on any atom is 0.329 e. The molecule has 0 aromatic heterocycles. The van der Waals surface area contributed by atoms with Crippen LogP contribution in [0.1, 0.15) is 33.6 Å². The second kappa shape index (κ2) is 5.93. The van der Waals surface area contributed by atoms with Crippen molar-refractivity contribution in [2.75, 3.05) is 32.8 Å². The third kappa shape index (κ3) is 3.55. The van der Waals surface area contributed by atoms with Crippen molar-refractivity contribution in [1.82, 2.24) is 10.2 Å². The summed E-state index contributed by atoms with van der Waals surface area (Å²) in [5.74, 6) is -0.479. The van der Waals surface area contributed by atoms with Crippen molar-refractivity contribution >= 4 is 11.9 Å². The number of likely N-dealkylation sites (tertiary alicyclic amines) is 1. The minimum Gasteiger partial charge on any atom is -0.480 e. The molecule has 2 aliphatic rings. The molecule has 2 saturated heterocycles. The van der Waals surface area contributed by atoms with Gasteiger partial charge < -0.3 is 20.1 Å². The smallest absolute Gasteiger partial charge is 0.329 e. The first-order chi connectivity index (χ1) is 9.74. The van der Waals surface area contributed by atoms with E-state index >= 15 is 0 Å². The first kappa shape index (κ1) is 16.2. The summed E-state index contributed by atoms with van der Waals surface area (Å²) in [4.78, 5) is 25.0. The van der Waals surface area contributed by atoms with E-state index in [0.717, 1.165) is 25.9 Å². The number of carbonyl (C=O) groups is 2. The third-order valence-corrected chi connectivity index (χ3v) is 4.75. The Balaban J connectivity index is 1.88. The molecule has 0 radical (unpaired) electrons. The molecule has 0 aromatic rings. The van der Waals surface area contributed by atoms with Gasteiger partial charge in [0.25, 0.3) is 0 Å². The number of piperidine rings is 1. The number of hydrogen-bond donors (Lipinski definition) is 2. The van der Waals surface area contributed by atoms with Crippen LogP contribution in [0.2, 0.25) is 0 Å². The normalized spacial score (nSPS) is 25.3. The summed E-state index contributed by atoms with van der Waals surface area (Å²) in [5.41, 5.74) is -0.906. The molecule has 2 rings (SSSR count). The van der Waals surface area contributed by atoms with Crippen molar-refractivity contribution in [2.24, 2.45) is 11.3 Å². The molecular weight excluding hydrogens is 272 g/mol. The SMILES string of the molecule is CC1(OCC(=O)O)CN(C(=O)C(C)(C)C2CCCNC2)C1. The monoisotopic (exact) mass is 298 g/mol.